The molecule has 1 N–H and O–H groups in total. The maximum absolute atomic E-state index is 8.30. The van der Waals surface area contributed by atoms with E-state index in [1.54, 1.807) is 24.5 Å². The van der Waals surface area contributed by atoms with Crippen molar-refractivity contribution < 1.29 is 9.62 Å². The minimum atomic E-state index is 0.456. The third-order valence-corrected chi connectivity index (χ3v) is 1.80. The number of rotatable bonds is 1. The van der Waals surface area contributed by atoms with E-state index in [4.69, 9.17) is 9.62 Å². The molecule has 0 spiro atoms. The van der Waals surface area contributed by atoms with Gasteiger partial charge in [-0.1, -0.05) is 11.1 Å². The van der Waals surface area contributed by atoms with E-state index in [-0.39, 0.29) is 0 Å². The summed E-state index contributed by atoms with van der Waals surface area (Å²) >= 11 is 0. The number of hydrogen-bond acceptors (Lipinski definition) is 4. The van der Waals surface area contributed by atoms with Gasteiger partial charge < -0.3 is 9.62 Å². The van der Waals surface area contributed by atoms with Crippen molar-refractivity contribution in [1.29, 1.82) is 0 Å². The van der Waals surface area contributed by atoms with E-state index >= 15 is 0 Å². The van der Waals surface area contributed by atoms with Crippen molar-refractivity contribution in [2.24, 2.45) is 5.16 Å². The molecule has 0 aliphatic rings. The molecule has 0 fully saturated rings. The Labute approximate surface area is 92.2 Å². The molecule has 0 unspecified atom stereocenters. The van der Waals surface area contributed by atoms with Gasteiger partial charge in [0, 0.05) is 18.0 Å². The van der Waals surface area contributed by atoms with Gasteiger partial charge in [0.2, 0.25) is 0 Å². The molecule has 0 bridgehead atoms. The number of oxime groups is 1. The summed E-state index contributed by atoms with van der Waals surface area (Å²) in [4.78, 5) is 3.94. The standard InChI is InChI=1S/C12H8N2O2/c15-14-9-12-6-5-11(16-12)4-3-10-2-1-7-13-8-10/h1-2,5-9,15H/b14-9-. The Bertz CT molecular complexity index is 547. The Balaban J connectivity index is 2.18. The molecule has 78 valence electrons. The summed E-state index contributed by atoms with van der Waals surface area (Å²) in [5.41, 5.74) is 0.816. The molecule has 0 saturated carbocycles. The van der Waals surface area contributed by atoms with E-state index in [0.717, 1.165) is 5.56 Å². The molecule has 0 aliphatic carbocycles. The lowest BCUT2D eigenvalue weighted by atomic mass is 10.3. The highest BCUT2D eigenvalue weighted by molar-refractivity contribution is 5.75. The highest BCUT2D eigenvalue weighted by Gasteiger charge is 1.95. The van der Waals surface area contributed by atoms with E-state index in [0.29, 0.717) is 11.5 Å². The lowest BCUT2D eigenvalue weighted by Crippen LogP contribution is -1.75. The van der Waals surface area contributed by atoms with Crippen molar-refractivity contribution in [2.75, 3.05) is 0 Å². The van der Waals surface area contributed by atoms with Crippen LogP contribution in [0, 0.1) is 11.8 Å². The summed E-state index contributed by atoms with van der Waals surface area (Å²) in [6.45, 7) is 0. The molecule has 4 nitrogen and oxygen atoms in total. The van der Waals surface area contributed by atoms with Crippen molar-refractivity contribution >= 4 is 6.21 Å². The van der Waals surface area contributed by atoms with Gasteiger partial charge in [0.25, 0.3) is 0 Å². The summed E-state index contributed by atoms with van der Waals surface area (Å²) in [6, 6.07) is 7.06. The molecule has 2 aromatic rings. The molecule has 2 heterocycles. The predicted molar refractivity (Wildman–Crippen MR) is 58.3 cm³/mol. The lowest BCUT2D eigenvalue weighted by molar-refractivity contribution is 0.320. The summed E-state index contributed by atoms with van der Waals surface area (Å²) in [5.74, 6) is 6.71. The molecule has 0 radical (unpaired) electrons. The Morgan fingerprint density at radius 2 is 2.25 bits per heavy atom. The zero-order valence-corrected chi connectivity index (χ0v) is 8.29. The second-order valence-electron chi connectivity index (χ2n) is 2.94. The van der Waals surface area contributed by atoms with Crippen LogP contribution in [0.5, 0.6) is 0 Å². The molecule has 0 aliphatic heterocycles. The Kier molecular flexibility index (Phi) is 3.00. The van der Waals surface area contributed by atoms with Gasteiger partial charge in [0.15, 0.2) is 5.76 Å². The average Bonchev–Trinajstić information content (AvgIpc) is 2.76. The van der Waals surface area contributed by atoms with E-state index < -0.39 is 0 Å². The fraction of sp³-hybridized carbons (Fsp3) is 0. The van der Waals surface area contributed by atoms with Gasteiger partial charge >= 0.3 is 0 Å². The molecular weight excluding hydrogens is 204 g/mol. The molecule has 16 heavy (non-hydrogen) atoms. The summed E-state index contributed by atoms with van der Waals surface area (Å²) in [5, 5.41) is 11.2. The summed E-state index contributed by atoms with van der Waals surface area (Å²) < 4.78 is 5.24. The van der Waals surface area contributed by atoms with Crippen LogP contribution in [0.15, 0.2) is 46.2 Å². The maximum atomic E-state index is 8.30. The lowest BCUT2D eigenvalue weighted by Gasteiger charge is -1.85. The van der Waals surface area contributed by atoms with Crippen LogP contribution >= 0.6 is 0 Å². The molecule has 0 aromatic carbocycles. The molecule has 4 heteroatoms. The van der Waals surface area contributed by atoms with E-state index in [1.165, 1.54) is 6.21 Å². The zero-order valence-electron chi connectivity index (χ0n) is 8.29. The molecule has 0 amide bonds. The number of aromatic nitrogens is 1. The first-order valence-corrected chi connectivity index (χ1v) is 4.58. The van der Waals surface area contributed by atoms with Crippen LogP contribution in [0.4, 0.5) is 0 Å². The first-order chi connectivity index (χ1) is 7.88. The van der Waals surface area contributed by atoms with Gasteiger partial charge in [-0.2, -0.15) is 0 Å². The minimum Gasteiger partial charge on any atom is -0.447 e. The van der Waals surface area contributed by atoms with Gasteiger partial charge in [0.05, 0.1) is 0 Å². The fourth-order valence-corrected chi connectivity index (χ4v) is 1.12. The van der Waals surface area contributed by atoms with Crippen LogP contribution in [-0.4, -0.2) is 16.4 Å². The second-order valence-corrected chi connectivity index (χ2v) is 2.94. The number of furan rings is 1. The zero-order chi connectivity index (χ0) is 11.2. The highest BCUT2D eigenvalue weighted by atomic mass is 16.4. The van der Waals surface area contributed by atoms with Gasteiger partial charge in [0.1, 0.15) is 12.0 Å². The van der Waals surface area contributed by atoms with Crippen molar-refractivity contribution in [2.45, 2.75) is 0 Å². The van der Waals surface area contributed by atoms with Crippen molar-refractivity contribution in [1.82, 2.24) is 4.98 Å². The van der Waals surface area contributed by atoms with Crippen LogP contribution in [0.3, 0.4) is 0 Å². The van der Waals surface area contributed by atoms with Crippen molar-refractivity contribution in [3.05, 3.63) is 53.7 Å². The van der Waals surface area contributed by atoms with Crippen LogP contribution in [0.25, 0.3) is 0 Å². The minimum absolute atomic E-state index is 0.456. The number of hydrogen-bond donors (Lipinski definition) is 1. The maximum Gasteiger partial charge on any atom is 0.177 e. The first-order valence-electron chi connectivity index (χ1n) is 4.58. The fourth-order valence-electron chi connectivity index (χ4n) is 1.12. The first kappa shape index (κ1) is 9.99. The van der Waals surface area contributed by atoms with Crippen LogP contribution in [0.2, 0.25) is 0 Å². The number of pyridine rings is 1. The topological polar surface area (TPSA) is 58.6 Å². The molecule has 2 aromatic heterocycles. The van der Waals surface area contributed by atoms with Gasteiger partial charge in [-0.15, -0.1) is 0 Å². The summed E-state index contributed by atoms with van der Waals surface area (Å²) in [7, 11) is 0. The highest BCUT2D eigenvalue weighted by Crippen LogP contribution is 2.04. The largest absolute Gasteiger partial charge is 0.447 e. The van der Waals surface area contributed by atoms with Gasteiger partial charge in [-0.3, -0.25) is 4.98 Å². The molecular formula is C12H8N2O2. The molecule has 0 atom stereocenters. The summed E-state index contributed by atoms with van der Waals surface area (Å²) in [6.07, 6.45) is 4.56. The smallest absolute Gasteiger partial charge is 0.177 e. The number of nitrogens with zero attached hydrogens (tertiary/aromatic N) is 2. The van der Waals surface area contributed by atoms with Crippen LogP contribution in [0.1, 0.15) is 17.1 Å². The van der Waals surface area contributed by atoms with Crippen molar-refractivity contribution in [3.8, 4) is 11.8 Å². The second kappa shape index (κ2) is 4.80. The predicted octanol–water partition coefficient (Wildman–Crippen LogP) is 1.88. The van der Waals surface area contributed by atoms with E-state index in [1.807, 2.05) is 12.1 Å². The third kappa shape index (κ3) is 2.49. The Hall–Kier alpha value is -2.54. The normalized spacial score (nSPS) is 10.0. The average molecular weight is 212 g/mol. The molecule has 0 saturated heterocycles. The molecule has 2 rings (SSSR count). The quantitative estimate of drug-likeness (QED) is 0.340. The SMILES string of the molecule is O/N=C\c1ccc(C#Cc2cccnc2)o1. The Morgan fingerprint density at radius 1 is 1.31 bits per heavy atom. The Morgan fingerprint density at radius 3 is 3.00 bits per heavy atom. The van der Waals surface area contributed by atoms with E-state index in [9.17, 15) is 0 Å². The van der Waals surface area contributed by atoms with Gasteiger partial charge in [-0.25, -0.2) is 0 Å². The van der Waals surface area contributed by atoms with Crippen molar-refractivity contribution in [3.63, 3.8) is 0 Å². The van der Waals surface area contributed by atoms with Crippen LogP contribution in [-0.2, 0) is 0 Å². The van der Waals surface area contributed by atoms with E-state index in [2.05, 4.69) is 22.0 Å². The van der Waals surface area contributed by atoms with Gasteiger partial charge in [-0.05, 0) is 30.2 Å². The van der Waals surface area contributed by atoms with Crippen LogP contribution < -0.4 is 0 Å². The monoisotopic (exact) mass is 212 g/mol. The third-order valence-electron chi connectivity index (χ3n) is 1.80.